The number of hydrogen-bond acceptors (Lipinski definition) is 3. The first-order chi connectivity index (χ1) is 14.7. The van der Waals surface area contributed by atoms with Crippen molar-refractivity contribution in [3.05, 3.63) is 57.8 Å². The number of hydrogen-bond donors (Lipinski definition) is 0. The Morgan fingerprint density at radius 1 is 1.10 bits per heavy atom. The van der Waals surface area contributed by atoms with Crippen molar-refractivity contribution in [2.24, 2.45) is 5.92 Å². The van der Waals surface area contributed by atoms with Gasteiger partial charge in [-0.1, -0.05) is 56.5 Å². The molecule has 2 heterocycles. The van der Waals surface area contributed by atoms with E-state index in [2.05, 4.69) is 30.5 Å². The predicted octanol–water partition coefficient (Wildman–Crippen LogP) is 5.04. The van der Waals surface area contributed by atoms with E-state index in [1.165, 1.54) is 16.9 Å². The summed E-state index contributed by atoms with van der Waals surface area (Å²) in [5, 5.41) is 2.13. The van der Waals surface area contributed by atoms with Crippen LogP contribution in [0.4, 0.5) is 0 Å². The van der Waals surface area contributed by atoms with Gasteiger partial charge in [0, 0.05) is 23.9 Å². The average molecular weight is 425 g/mol. The Morgan fingerprint density at radius 3 is 2.60 bits per heavy atom. The van der Waals surface area contributed by atoms with Crippen molar-refractivity contribution in [3.8, 4) is 0 Å². The van der Waals surface area contributed by atoms with Crippen LogP contribution >= 0.6 is 11.3 Å². The summed E-state index contributed by atoms with van der Waals surface area (Å²) in [4.78, 5) is 31.9. The topological polar surface area (TPSA) is 40.6 Å². The molecule has 30 heavy (non-hydrogen) atoms. The fourth-order valence-electron chi connectivity index (χ4n) is 4.98. The first-order valence-corrected chi connectivity index (χ1v) is 12.3. The molecule has 1 unspecified atom stereocenters. The highest BCUT2D eigenvalue weighted by atomic mass is 32.1. The fraction of sp³-hybridized carbons (Fsp3) is 0.520. The van der Waals surface area contributed by atoms with E-state index < -0.39 is 0 Å². The lowest BCUT2D eigenvalue weighted by Crippen LogP contribution is -2.48. The van der Waals surface area contributed by atoms with Crippen LogP contribution in [0.15, 0.2) is 41.8 Å². The lowest BCUT2D eigenvalue weighted by molar-refractivity contribution is -0.144. The van der Waals surface area contributed by atoms with Crippen LogP contribution in [-0.2, 0) is 16.0 Å². The zero-order chi connectivity index (χ0) is 20.9. The number of amides is 2. The van der Waals surface area contributed by atoms with E-state index in [0.717, 1.165) is 44.1 Å². The molecule has 0 N–H and O–H groups in total. The molecule has 2 amide bonds. The molecule has 0 saturated heterocycles. The molecule has 1 atom stereocenters. The lowest BCUT2D eigenvalue weighted by atomic mass is 9.88. The molecule has 0 radical (unpaired) electrons. The molecule has 5 heteroatoms. The van der Waals surface area contributed by atoms with Crippen molar-refractivity contribution < 1.29 is 9.59 Å². The highest BCUT2D eigenvalue weighted by molar-refractivity contribution is 7.10. The van der Waals surface area contributed by atoms with Gasteiger partial charge in [-0.25, -0.2) is 0 Å². The Balaban J connectivity index is 1.55. The zero-order valence-corrected chi connectivity index (χ0v) is 18.7. The Morgan fingerprint density at radius 2 is 1.87 bits per heavy atom. The van der Waals surface area contributed by atoms with Crippen LogP contribution in [0.3, 0.4) is 0 Å². The molecule has 160 valence electrons. The summed E-state index contributed by atoms with van der Waals surface area (Å²) in [5.41, 5.74) is 2.39. The largest absolute Gasteiger partial charge is 0.333 e. The van der Waals surface area contributed by atoms with Crippen LogP contribution in [0.2, 0.25) is 0 Å². The second kappa shape index (κ2) is 9.78. The molecule has 1 aromatic heterocycles. The minimum Gasteiger partial charge on any atom is -0.333 e. The number of benzene rings is 1. The van der Waals surface area contributed by atoms with E-state index in [1.54, 1.807) is 11.3 Å². The summed E-state index contributed by atoms with van der Waals surface area (Å²) in [6.45, 7) is 3.65. The summed E-state index contributed by atoms with van der Waals surface area (Å²) in [7, 11) is 0. The van der Waals surface area contributed by atoms with E-state index in [4.69, 9.17) is 0 Å². The lowest BCUT2D eigenvalue weighted by Gasteiger charge is -2.38. The van der Waals surface area contributed by atoms with Crippen LogP contribution in [-0.4, -0.2) is 41.2 Å². The molecule has 1 fully saturated rings. The smallest absolute Gasteiger partial charge is 0.242 e. The van der Waals surface area contributed by atoms with E-state index in [9.17, 15) is 9.59 Å². The summed E-state index contributed by atoms with van der Waals surface area (Å²) in [6, 6.07) is 12.4. The number of fused-ring (bicyclic) bond motifs is 1. The van der Waals surface area contributed by atoms with Crippen molar-refractivity contribution >= 4 is 23.2 Å². The third-order valence-electron chi connectivity index (χ3n) is 6.49. The number of thiophene rings is 1. The Kier molecular flexibility index (Phi) is 6.88. The van der Waals surface area contributed by atoms with E-state index in [-0.39, 0.29) is 30.3 Å². The molecule has 0 bridgehead atoms. The maximum Gasteiger partial charge on any atom is 0.242 e. The first-order valence-electron chi connectivity index (χ1n) is 11.4. The molecule has 2 aliphatic rings. The average Bonchev–Trinajstić information content (AvgIpc) is 3.27. The molecular weight excluding hydrogens is 392 g/mol. The van der Waals surface area contributed by atoms with Gasteiger partial charge in [-0.2, -0.15) is 0 Å². The monoisotopic (exact) mass is 424 g/mol. The van der Waals surface area contributed by atoms with Gasteiger partial charge in [0.15, 0.2) is 0 Å². The SMILES string of the molecule is CCCN(CC(=O)N1CCc2sccc2C1c1ccccc1)C(=O)C1CCCCC1. The van der Waals surface area contributed by atoms with Gasteiger partial charge in [-0.05, 0) is 48.3 Å². The first kappa shape index (κ1) is 21.1. The molecule has 1 saturated carbocycles. The highest BCUT2D eigenvalue weighted by Crippen LogP contribution is 2.38. The maximum atomic E-state index is 13.5. The van der Waals surface area contributed by atoms with Crippen LogP contribution in [0.25, 0.3) is 0 Å². The summed E-state index contributed by atoms with van der Waals surface area (Å²) >= 11 is 1.78. The van der Waals surface area contributed by atoms with Gasteiger partial charge >= 0.3 is 0 Å². The number of rotatable bonds is 6. The van der Waals surface area contributed by atoms with Crippen LogP contribution < -0.4 is 0 Å². The highest BCUT2D eigenvalue weighted by Gasteiger charge is 2.34. The van der Waals surface area contributed by atoms with Gasteiger partial charge in [0.05, 0.1) is 12.6 Å². The summed E-state index contributed by atoms with van der Waals surface area (Å²) in [5.74, 6) is 0.362. The minimum absolute atomic E-state index is 0.0537. The van der Waals surface area contributed by atoms with E-state index in [0.29, 0.717) is 13.1 Å². The van der Waals surface area contributed by atoms with E-state index in [1.807, 2.05) is 28.0 Å². The van der Waals surface area contributed by atoms with Gasteiger partial charge in [-0.3, -0.25) is 9.59 Å². The number of carbonyl (C=O) groups excluding carboxylic acids is 2. The quantitative estimate of drug-likeness (QED) is 0.652. The molecule has 4 nitrogen and oxygen atoms in total. The molecule has 0 spiro atoms. The third-order valence-corrected chi connectivity index (χ3v) is 7.48. The van der Waals surface area contributed by atoms with Gasteiger partial charge in [0.1, 0.15) is 0 Å². The number of carbonyl (C=O) groups is 2. The zero-order valence-electron chi connectivity index (χ0n) is 17.9. The minimum atomic E-state index is -0.0537. The van der Waals surface area contributed by atoms with E-state index >= 15 is 0 Å². The van der Waals surface area contributed by atoms with Crippen molar-refractivity contribution in [2.75, 3.05) is 19.6 Å². The molecule has 2 aromatic rings. The van der Waals surface area contributed by atoms with Crippen LogP contribution in [0.5, 0.6) is 0 Å². The molecule has 1 aliphatic heterocycles. The van der Waals surface area contributed by atoms with Crippen LogP contribution in [0.1, 0.15) is 67.5 Å². The second-order valence-corrected chi connectivity index (χ2v) is 9.54. The normalized spacial score (nSPS) is 19.4. The fourth-order valence-corrected chi connectivity index (χ4v) is 5.88. The van der Waals surface area contributed by atoms with Crippen molar-refractivity contribution in [1.29, 1.82) is 0 Å². The Hall–Kier alpha value is -2.14. The van der Waals surface area contributed by atoms with Crippen molar-refractivity contribution in [1.82, 2.24) is 9.80 Å². The van der Waals surface area contributed by atoms with Gasteiger partial charge in [0.2, 0.25) is 11.8 Å². The standard InChI is InChI=1S/C25H32N2O2S/c1-2-15-26(25(29)20-11-7-4-8-12-20)18-23(28)27-16-13-22-21(14-17-30-22)24(27)19-9-5-3-6-10-19/h3,5-6,9-10,14,17,20,24H,2,4,7-8,11-13,15-16,18H2,1H3. The Labute approximate surface area is 183 Å². The second-order valence-electron chi connectivity index (χ2n) is 8.54. The van der Waals surface area contributed by atoms with Crippen LogP contribution in [0, 0.1) is 5.92 Å². The molecule has 4 rings (SSSR count). The van der Waals surface area contributed by atoms with Gasteiger partial charge in [0.25, 0.3) is 0 Å². The van der Waals surface area contributed by atoms with Gasteiger partial charge in [-0.15, -0.1) is 11.3 Å². The van der Waals surface area contributed by atoms with Gasteiger partial charge < -0.3 is 9.80 Å². The number of nitrogens with zero attached hydrogens (tertiary/aromatic N) is 2. The molecule has 1 aromatic carbocycles. The Bertz CT molecular complexity index is 857. The van der Waals surface area contributed by atoms with Crippen molar-refractivity contribution in [3.63, 3.8) is 0 Å². The molecular formula is C25H32N2O2S. The maximum absolute atomic E-state index is 13.5. The molecule has 1 aliphatic carbocycles. The summed E-state index contributed by atoms with van der Waals surface area (Å²) < 4.78 is 0. The van der Waals surface area contributed by atoms with Crippen molar-refractivity contribution in [2.45, 2.75) is 57.9 Å². The summed E-state index contributed by atoms with van der Waals surface area (Å²) in [6.07, 6.45) is 7.21. The third kappa shape index (κ3) is 4.46. The predicted molar refractivity (Wildman–Crippen MR) is 121 cm³/mol.